The fourth-order valence-corrected chi connectivity index (χ4v) is 1.36. The second-order valence-electron chi connectivity index (χ2n) is 2.74. The average Bonchev–Trinajstić information content (AvgIpc) is 1.87. The molecule has 0 radical (unpaired) electrons. The van der Waals surface area contributed by atoms with Gasteiger partial charge in [-0.25, -0.2) is 0 Å². The summed E-state index contributed by atoms with van der Waals surface area (Å²) in [5.41, 5.74) is 0.179. The predicted molar refractivity (Wildman–Crippen MR) is 34.2 cm³/mol. The lowest BCUT2D eigenvalue weighted by Gasteiger charge is -2.46. The number of nitrogens with one attached hydrogen (secondary N) is 2. The molecule has 0 aromatic rings. The Morgan fingerprint density at radius 1 is 1.22 bits per heavy atom. The van der Waals surface area contributed by atoms with Crippen molar-refractivity contribution in [2.75, 3.05) is 26.3 Å². The Hall–Kier alpha value is -0.120. The van der Waals surface area contributed by atoms with Crippen LogP contribution in [0.4, 0.5) is 0 Å². The van der Waals surface area contributed by atoms with E-state index in [0.717, 1.165) is 26.3 Å². The Morgan fingerprint density at radius 3 is 2.44 bits per heavy atom. The van der Waals surface area contributed by atoms with Gasteiger partial charge in [-0.15, -0.1) is 0 Å². The van der Waals surface area contributed by atoms with Gasteiger partial charge in [0.1, 0.15) is 0 Å². The summed E-state index contributed by atoms with van der Waals surface area (Å²) in [5.74, 6) is 0. The molecule has 2 fully saturated rings. The van der Waals surface area contributed by atoms with E-state index in [2.05, 4.69) is 10.6 Å². The molecule has 1 atom stereocenters. The highest BCUT2D eigenvalue weighted by molar-refractivity contribution is 4.95. The molecule has 0 saturated carbocycles. The summed E-state index contributed by atoms with van der Waals surface area (Å²) in [4.78, 5) is 0. The summed E-state index contributed by atoms with van der Waals surface area (Å²) in [6, 6.07) is 0. The molecule has 0 amide bonds. The second kappa shape index (κ2) is 1.94. The Labute approximate surface area is 54.8 Å². The fourth-order valence-electron chi connectivity index (χ4n) is 1.36. The van der Waals surface area contributed by atoms with Crippen molar-refractivity contribution in [2.45, 2.75) is 12.1 Å². The maximum absolute atomic E-state index is 5.30. The van der Waals surface area contributed by atoms with Gasteiger partial charge >= 0.3 is 0 Å². The van der Waals surface area contributed by atoms with E-state index in [1.165, 1.54) is 6.42 Å². The number of rotatable bonds is 0. The SMILES string of the molecule is C1COCC2(CCN2)N1. The van der Waals surface area contributed by atoms with Gasteiger partial charge in [-0.2, -0.15) is 0 Å². The van der Waals surface area contributed by atoms with Crippen LogP contribution >= 0.6 is 0 Å². The van der Waals surface area contributed by atoms with Crippen molar-refractivity contribution in [2.24, 2.45) is 0 Å². The van der Waals surface area contributed by atoms with Crippen LogP contribution in [-0.2, 0) is 4.74 Å². The minimum absolute atomic E-state index is 0.179. The quantitative estimate of drug-likeness (QED) is 0.452. The van der Waals surface area contributed by atoms with Crippen molar-refractivity contribution >= 4 is 0 Å². The lowest BCUT2D eigenvalue weighted by molar-refractivity contribution is -0.0233. The van der Waals surface area contributed by atoms with Crippen molar-refractivity contribution in [3.8, 4) is 0 Å². The van der Waals surface area contributed by atoms with Gasteiger partial charge in [0, 0.05) is 13.1 Å². The largest absolute Gasteiger partial charge is 0.377 e. The van der Waals surface area contributed by atoms with Crippen molar-refractivity contribution < 1.29 is 4.74 Å². The highest BCUT2D eigenvalue weighted by Gasteiger charge is 2.37. The zero-order valence-electron chi connectivity index (χ0n) is 5.44. The molecule has 2 aliphatic heterocycles. The molecule has 0 aromatic carbocycles. The van der Waals surface area contributed by atoms with E-state index in [0.29, 0.717) is 0 Å². The van der Waals surface area contributed by atoms with Crippen LogP contribution in [0.15, 0.2) is 0 Å². The first-order valence-corrected chi connectivity index (χ1v) is 3.49. The Bertz CT molecular complexity index is 104. The molecular weight excluding hydrogens is 116 g/mol. The molecule has 2 aliphatic rings. The van der Waals surface area contributed by atoms with Gasteiger partial charge in [0.2, 0.25) is 0 Å². The Kier molecular flexibility index (Phi) is 1.22. The van der Waals surface area contributed by atoms with E-state index in [9.17, 15) is 0 Å². The molecule has 9 heavy (non-hydrogen) atoms. The standard InChI is InChI=1S/C6H12N2O/c1-2-7-6(1)5-9-4-3-8-6/h7-8H,1-5H2. The summed E-state index contributed by atoms with van der Waals surface area (Å²) in [5, 5.41) is 6.72. The smallest absolute Gasteiger partial charge is 0.0940 e. The lowest BCUT2D eigenvalue weighted by atomic mass is 9.98. The van der Waals surface area contributed by atoms with Crippen molar-refractivity contribution in [3.05, 3.63) is 0 Å². The average molecular weight is 128 g/mol. The van der Waals surface area contributed by atoms with E-state index in [4.69, 9.17) is 4.74 Å². The molecule has 0 aromatic heterocycles. The van der Waals surface area contributed by atoms with E-state index in [1.54, 1.807) is 0 Å². The van der Waals surface area contributed by atoms with Crippen LogP contribution < -0.4 is 10.6 Å². The zero-order chi connectivity index (χ0) is 6.16. The minimum Gasteiger partial charge on any atom is -0.377 e. The molecule has 3 heteroatoms. The molecule has 2 N–H and O–H groups in total. The third-order valence-corrected chi connectivity index (χ3v) is 2.07. The van der Waals surface area contributed by atoms with Crippen LogP contribution in [0.25, 0.3) is 0 Å². The van der Waals surface area contributed by atoms with Crippen LogP contribution in [-0.4, -0.2) is 32.0 Å². The van der Waals surface area contributed by atoms with E-state index >= 15 is 0 Å². The molecule has 2 rings (SSSR count). The van der Waals surface area contributed by atoms with Crippen LogP contribution in [0.3, 0.4) is 0 Å². The normalized spacial score (nSPS) is 42.7. The Morgan fingerprint density at radius 2 is 2.11 bits per heavy atom. The number of morpholine rings is 1. The Balaban J connectivity index is 1.93. The summed E-state index contributed by atoms with van der Waals surface area (Å²) in [7, 11) is 0. The maximum atomic E-state index is 5.30. The first-order chi connectivity index (χ1) is 4.41. The monoisotopic (exact) mass is 128 g/mol. The van der Waals surface area contributed by atoms with Gasteiger partial charge in [0.15, 0.2) is 0 Å². The summed E-state index contributed by atoms with van der Waals surface area (Å²) in [6.07, 6.45) is 1.22. The number of ether oxygens (including phenoxy) is 1. The van der Waals surface area contributed by atoms with Crippen LogP contribution in [0, 0.1) is 0 Å². The number of hydrogen-bond acceptors (Lipinski definition) is 3. The fraction of sp³-hybridized carbons (Fsp3) is 1.00. The summed E-state index contributed by atoms with van der Waals surface area (Å²) >= 11 is 0. The maximum Gasteiger partial charge on any atom is 0.0940 e. The van der Waals surface area contributed by atoms with Crippen LogP contribution in [0.1, 0.15) is 6.42 Å². The zero-order valence-corrected chi connectivity index (χ0v) is 5.44. The molecule has 1 spiro atoms. The van der Waals surface area contributed by atoms with E-state index < -0.39 is 0 Å². The van der Waals surface area contributed by atoms with E-state index in [-0.39, 0.29) is 5.66 Å². The minimum atomic E-state index is 0.179. The second-order valence-corrected chi connectivity index (χ2v) is 2.74. The molecule has 2 saturated heterocycles. The lowest BCUT2D eigenvalue weighted by Crippen LogP contribution is -2.71. The topological polar surface area (TPSA) is 33.3 Å². The van der Waals surface area contributed by atoms with Gasteiger partial charge in [-0.1, -0.05) is 0 Å². The molecule has 0 bridgehead atoms. The first kappa shape index (κ1) is 5.65. The van der Waals surface area contributed by atoms with Gasteiger partial charge < -0.3 is 4.74 Å². The molecule has 52 valence electrons. The molecule has 0 aliphatic carbocycles. The van der Waals surface area contributed by atoms with E-state index in [1.807, 2.05) is 0 Å². The van der Waals surface area contributed by atoms with Gasteiger partial charge in [-0.05, 0) is 6.42 Å². The van der Waals surface area contributed by atoms with Crippen LogP contribution in [0.2, 0.25) is 0 Å². The van der Waals surface area contributed by atoms with Gasteiger partial charge in [-0.3, -0.25) is 10.6 Å². The summed E-state index contributed by atoms with van der Waals surface area (Å²) in [6.45, 7) is 3.83. The van der Waals surface area contributed by atoms with Crippen molar-refractivity contribution in [1.29, 1.82) is 0 Å². The van der Waals surface area contributed by atoms with Gasteiger partial charge in [0.05, 0.1) is 18.9 Å². The molecule has 1 unspecified atom stereocenters. The first-order valence-electron chi connectivity index (χ1n) is 3.49. The van der Waals surface area contributed by atoms with Gasteiger partial charge in [0.25, 0.3) is 0 Å². The predicted octanol–water partition coefficient (Wildman–Crippen LogP) is -0.704. The third kappa shape index (κ3) is 0.852. The highest BCUT2D eigenvalue weighted by atomic mass is 16.5. The highest BCUT2D eigenvalue weighted by Crippen LogP contribution is 2.17. The molecule has 3 nitrogen and oxygen atoms in total. The number of hydrogen-bond donors (Lipinski definition) is 2. The molecule has 2 heterocycles. The van der Waals surface area contributed by atoms with Crippen molar-refractivity contribution in [3.63, 3.8) is 0 Å². The molecular formula is C6H12N2O. The third-order valence-electron chi connectivity index (χ3n) is 2.07. The van der Waals surface area contributed by atoms with Crippen molar-refractivity contribution in [1.82, 2.24) is 10.6 Å². The summed E-state index contributed by atoms with van der Waals surface area (Å²) < 4.78 is 5.30. The van der Waals surface area contributed by atoms with Crippen LogP contribution in [0.5, 0.6) is 0 Å².